The van der Waals surface area contributed by atoms with Crippen LogP contribution in [0.25, 0.3) is 16.6 Å². The van der Waals surface area contributed by atoms with Gasteiger partial charge in [-0.3, -0.25) is 4.79 Å². The lowest BCUT2D eigenvalue weighted by Crippen LogP contribution is -2.35. The molecule has 160 valence electrons. The van der Waals surface area contributed by atoms with E-state index >= 15 is 0 Å². The van der Waals surface area contributed by atoms with Crippen molar-refractivity contribution in [3.05, 3.63) is 87.4 Å². The van der Waals surface area contributed by atoms with Crippen LogP contribution in [0.2, 0.25) is 5.02 Å². The van der Waals surface area contributed by atoms with Crippen LogP contribution in [-0.2, 0) is 7.05 Å². The van der Waals surface area contributed by atoms with Gasteiger partial charge in [-0.25, -0.2) is 4.68 Å². The second kappa shape index (κ2) is 8.18. The van der Waals surface area contributed by atoms with Gasteiger partial charge in [-0.05, 0) is 43.2 Å². The minimum absolute atomic E-state index is 0.217. The molecule has 1 aliphatic rings. The highest BCUT2D eigenvalue weighted by Gasteiger charge is 2.27. The maximum atomic E-state index is 12.8. The Bertz CT molecular complexity index is 1410. The van der Waals surface area contributed by atoms with Crippen molar-refractivity contribution in [3.63, 3.8) is 0 Å². The lowest BCUT2D eigenvalue weighted by Gasteiger charge is -2.34. The van der Waals surface area contributed by atoms with Gasteiger partial charge in [-0.1, -0.05) is 35.9 Å². The Morgan fingerprint density at radius 2 is 1.88 bits per heavy atom. The molecule has 3 heterocycles. The summed E-state index contributed by atoms with van der Waals surface area (Å²) in [6, 6.07) is 19.7. The fraction of sp³-hybridized carbons (Fsp3) is 0.240. The Kier molecular flexibility index (Phi) is 5.20. The first kappa shape index (κ1) is 20.3. The Morgan fingerprint density at radius 3 is 2.62 bits per heavy atom. The average molecular weight is 444 g/mol. The molecule has 0 spiro atoms. The summed E-state index contributed by atoms with van der Waals surface area (Å²) in [7, 11) is 1.72. The Labute approximate surface area is 190 Å². The van der Waals surface area contributed by atoms with Crippen LogP contribution in [0, 0.1) is 11.3 Å². The summed E-state index contributed by atoms with van der Waals surface area (Å²) in [5, 5.41) is 16.2. The first-order valence-electron chi connectivity index (χ1n) is 10.6. The van der Waals surface area contributed by atoms with E-state index in [0.717, 1.165) is 53.9 Å². The first-order valence-corrected chi connectivity index (χ1v) is 11.0. The molecule has 1 saturated heterocycles. The number of nitriles is 1. The number of piperidine rings is 1. The molecule has 1 fully saturated rings. The van der Waals surface area contributed by atoms with Crippen molar-refractivity contribution in [1.29, 1.82) is 5.26 Å². The topological polar surface area (TPSA) is 66.8 Å². The maximum absolute atomic E-state index is 12.8. The smallest absolute Gasteiger partial charge is 0.270 e. The number of aromatic nitrogens is 3. The molecule has 5 rings (SSSR count). The van der Waals surface area contributed by atoms with Crippen LogP contribution >= 0.6 is 11.6 Å². The number of pyridine rings is 1. The van der Waals surface area contributed by atoms with E-state index in [1.54, 1.807) is 11.6 Å². The summed E-state index contributed by atoms with van der Waals surface area (Å²) in [5.74, 6) is 0.329. The summed E-state index contributed by atoms with van der Waals surface area (Å²) in [4.78, 5) is 15.0. The Balaban J connectivity index is 1.42. The molecule has 2 aromatic carbocycles. The van der Waals surface area contributed by atoms with Crippen molar-refractivity contribution in [3.8, 4) is 11.8 Å². The second-order valence-corrected chi connectivity index (χ2v) is 8.58. The van der Waals surface area contributed by atoms with Crippen LogP contribution in [0.4, 0.5) is 5.69 Å². The van der Waals surface area contributed by atoms with Gasteiger partial charge in [0, 0.05) is 42.7 Å². The third-order valence-electron chi connectivity index (χ3n) is 6.30. The number of para-hydroxylation sites is 1. The minimum Gasteiger partial charge on any atom is -0.370 e. The molecular weight excluding hydrogens is 422 g/mol. The lowest BCUT2D eigenvalue weighted by atomic mass is 9.92. The van der Waals surface area contributed by atoms with Gasteiger partial charge in [0.1, 0.15) is 11.6 Å². The van der Waals surface area contributed by atoms with E-state index in [4.69, 9.17) is 16.7 Å². The largest absolute Gasteiger partial charge is 0.370 e. The summed E-state index contributed by atoms with van der Waals surface area (Å²) in [6.45, 7) is 1.53. The van der Waals surface area contributed by atoms with Crippen LogP contribution in [-0.4, -0.2) is 27.4 Å². The number of benzene rings is 2. The number of hydrogen-bond donors (Lipinski definition) is 0. The number of rotatable bonds is 3. The molecule has 0 unspecified atom stereocenters. The molecule has 0 radical (unpaired) electrons. The van der Waals surface area contributed by atoms with Gasteiger partial charge in [0.25, 0.3) is 5.56 Å². The zero-order valence-electron chi connectivity index (χ0n) is 17.7. The van der Waals surface area contributed by atoms with Crippen molar-refractivity contribution in [2.75, 3.05) is 18.0 Å². The fourth-order valence-corrected chi connectivity index (χ4v) is 4.81. The monoisotopic (exact) mass is 443 g/mol. The van der Waals surface area contributed by atoms with Gasteiger partial charge >= 0.3 is 0 Å². The minimum atomic E-state index is -0.247. The van der Waals surface area contributed by atoms with E-state index in [1.165, 1.54) is 0 Å². The van der Waals surface area contributed by atoms with Crippen molar-refractivity contribution in [1.82, 2.24) is 14.3 Å². The second-order valence-electron chi connectivity index (χ2n) is 8.14. The molecule has 7 heteroatoms. The summed E-state index contributed by atoms with van der Waals surface area (Å²) in [5.41, 5.74) is 3.56. The van der Waals surface area contributed by atoms with Crippen molar-refractivity contribution in [2.24, 2.45) is 7.05 Å². The molecule has 0 saturated carbocycles. The molecule has 0 bridgehead atoms. The standard InChI is InChI=1S/C25H22ClN5O/c1-29-23-8-3-2-7-20(23)24(21(16-27)25(29)32)30-12-9-17(10-13-30)22-11-14-31(28-22)19-6-4-5-18(26)15-19/h2-8,11,14-15,17H,9-10,12-13H2,1H3. The van der Waals surface area contributed by atoms with E-state index in [2.05, 4.69) is 17.0 Å². The van der Waals surface area contributed by atoms with Gasteiger partial charge in [-0.2, -0.15) is 10.4 Å². The third kappa shape index (κ3) is 3.45. The lowest BCUT2D eigenvalue weighted by molar-refractivity contribution is 0.493. The predicted molar refractivity (Wildman–Crippen MR) is 127 cm³/mol. The molecular formula is C25H22ClN5O. The van der Waals surface area contributed by atoms with Gasteiger partial charge in [0.15, 0.2) is 0 Å². The molecule has 0 N–H and O–H groups in total. The third-order valence-corrected chi connectivity index (χ3v) is 6.53. The van der Waals surface area contributed by atoms with E-state index in [0.29, 0.717) is 10.9 Å². The molecule has 6 nitrogen and oxygen atoms in total. The molecule has 0 atom stereocenters. The predicted octanol–water partition coefficient (Wildman–Crippen LogP) is 4.63. The fourth-order valence-electron chi connectivity index (χ4n) is 4.63. The number of fused-ring (bicyclic) bond motifs is 1. The maximum Gasteiger partial charge on any atom is 0.270 e. The van der Waals surface area contributed by atoms with Gasteiger partial charge < -0.3 is 9.47 Å². The van der Waals surface area contributed by atoms with Gasteiger partial charge in [-0.15, -0.1) is 0 Å². The number of halogens is 1. The zero-order valence-corrected chi connectivity index (χ0v) is 18.5. The summed E-state index contributed by atoms with van der Waals surface area (Å²) >= 11 is 6.12. The van der Waals surface area contributed by atoms with E-state index < -0.39 is 0 Å². The van der Waals surface area contributed by atoms with E-state index in [-0.39, 0.29) is 11.1 Å². The SMILES string of the molecule is Cn1c(=O)c(C#N)c(N2CCC(c3ccn(-c4cccc(Cl)c4)n3)CC2)c2ccccc21. The highest BCUT2D eigenvalue weighted by atomic mass is 35.5. The number of hydrogen-bond acceptors (Lipinski definition) is 4. The first-order chi connectivity index (χ1) is 15.6. The quantitative estimate of drug-likeness (QED) is 0.463. The number of aryl methyl sites for hydroxylation is 1. The van der Waals surface area contributed by atoms with Gasteiger partial charge in [0.2, 0.25) is 0 Å². The molecule has 0 amide bonds. The van der Waals surface area contributed by atoms with Crippen LogP contribution in [0.15, 0.2) is 65.6 Å². The highest BCUT2D eigenvalue weighted by Crippen LogP contribution is 2.34. The van der Waals surface area contributed by atoms with Crippen molar-refractivity contribution < 1.29 is 0 Å². The average Bonchev–Trinajstić information content (AvgIpc) is 3.32. The number of nitrogens with zero attached hydrogens (tertiary/aromatic N) is 5. The molecule has 1 aliphatic heterocycles. The van der Waals surface area contributed by atoms with Crippen molar-refractivity contribution in [2.45, 2.75) is 18.8 Å². The summed E-state index contributed by atoms with van der Waals surface area (Å²) < 4.78 is 3.42. The molecule has 4 aromatic rings. The van der Waals surface area contributed by atoms with Gasteiger partial charge in [0.05, 0.1) is 22.6 Å². The summed E-state index contributed by atoms with van der Waals surface area (Å²) in [6.07, 6.45) is 3.78. The zero-order chi connectivity index (χ0) is 22.2. The molecule has 32 heavy (non-hydrogen) atoms. The van der Waals surface area contributed by atoms with Crippen LogP contribution < -0.4 is 10.5 Å². The normalized spacial score (nSPS) is 14.6. The van der Waals surface area contributed by atoms with Crippen molar-refractivity contribution >= 4 is 28.2 Å². The molecule has 0 aliphatic carbocycles. The Hall–Kier alpha value is -3.56. The van der Waals surface area contributed by atoms with E-state index in [9.17, 15) is 10.1 Å². The highest BCUT2D eigenvalue weighted by molar-refractivity contribution is 6.30. The van der Waals surface area contributed by atoms with E-state index in [1.807, 2.05) is 59.4 Å². The molecule has 2 aromatic heterocycles. The number of anilines is 1. The van der Waals surface area contributed by atoms with Crippen LogP contribution in [0.5, 0.6) is 0 Å². The van der Waals surface area contributed by atoms with Crippen LogP contribution in [0.1, 0.15) is 30.0 Å². The Morgan fingerprint density at radius 1 is 1.09 bits per heavy atom. The van der Waals surface area contributed by atoms with Crippen LogP contribution in [0.3, 0.4) is 0 Å².